The largest absolute Gasteiger partial charge is 0.508 e. The van der Waals surface area contributed by atoms with E-state index in [0.717, 1.165) is 66.3 Å². The highest BCUT2D eigenvalue weighted by Gasteiger charge is 2.49. The number of aliphatic hydroxyl groups is 7. The number of phenolic OH excluding ortho intramolecular Hbond substituents is 1. The van der Waals surface area contributed by atoms with Crippen LogP contribution in [-0.2, 0) is 33.5 Å². The number of ether oxygens (including phenoxy) is 2. The zero-order valence-electron chi connectivity index (χ0n) is 44.8. The number of nitrogens with two attached hydrogens (primary N) is 2. The van der Waals surface area contributed by atoms with E-state index in [0.29, 0.717) is 17.7 Å². The van der Waals surface area contributed by atoms with Crippen LogP contribution in [0.15, 0.2) is 60.7 Å². The molecule has 0 radical (unpaired) electrons. The summed E-state index contributed by atoms with van der Waals surface area (Å²) in [6, 6.07) is 3.11. The van der Waals surface area contributed by atoms with Crippen molar-refractivity contribution in [3.8, 4) is 11.5 Å². The number of carbonyl (C=O) groups is 7. The Bertz CT molecular complexity index is 2610. The van der Waals surface area contributed by atoms with Crippen molar-refractivity contribution in [3.05, 3.63) is 71.8 Å². The molecule has 0 unspecified atom stereocenters. The minimum atomic E-state index is -2.31. The third-order valence-corrected chi connectivity index (χ3v) is 14.5. The Kier molecular flexibility index (Phi) is 22.9. The van der Waals surface area contributed by atoms with Gasteiger partial charge in [-0.25, -0.2) is 0 Å². The number of aromatic hydroxyl groups is 1. The number of nitrogens with zero attached hydrogens (tertiary/aromatic N) is 2. The molecule has 3 aliphatic heterocycles. The Labute approximate surface area is 462 Å². The van der Waals surface area contributed by atoms with Crippen molar-refractivity contribution in [2.45, 2.75) is 157 Å². The molecule has 3 aromatic carbocycles. The summed E-state index contributed by atoms with van der Waals surface area (Å²) < 4.78 is 11.7. The monoisotopic (exact) mass is 1120 g/mol. The summed E-state index contributed by atoms with van der Waals surface area (Å²) in [6.07, 6.45) is -11.3. The molecule has 14 atom stereocenters. The first-order valence-electron chi connectivity index (χ1n) is 27.0. The molecule has 3 aromatic rings. The quantitative estimate of drug-likeness (QED) is 0.0524. The van der Waals surface area contributed by atoms with Crippen LogP contribution in [0, 0.1) is 0 Å². The summed E-state index contributed by atoms with van der Waals surface area (Å²) in [7, 11) is 0. The number of nitrogens with one attached hydrogen (secondary N) is 5. The Balaban J connectivity index is 1.39. The third kappa shape index (κ3) is 15.9. The number of phenols is 1. The normalized spacial score (nSPS) is 27.1. The SMILES string of the molecule is CCCCCCCOc1ccc2cc(C(=O)N[C@H]3C[C@@H](O)[C@@H](OCCN)NC(=O)[C@@H]4[C@@H](O)CCN4C(=O)[C@H]([C@H](O)CCN)NC(=O)[C@H]([C@H](O)[C@@H](O)c4ccc(O)cc4)NC(=O)[C@@H]4C[C@@H](O)CN4C(=O)[C@H]([C@@H](C)O)NC3=O)ccc2c1. The van der Waals surface area contributed by atoms with Gasteiger partial charge in [0.25, 0.3) is 5.91 Å². The first kappa shape index (κ1) is 62.6. The molecule has 26 nitrogen and oxygen atoms in total. The molecule has 17 N–H and O–H groups in total. The molecule has 3 aliphatic rings. The molecule has 0 spiro atoms. The van der Waals surface area contributed by atoms with Crippen LogP contribution in [-0.4, -0.2) is 210 Å². The Hall–Kier alpha value is -6.59. The fraction of sp³-hybridized carbons (Fsp3) is 0.574. The van der Waals surface area contributed by atoms with Crippen LogP contribution in [0.5, 0.6) is 11.5 Å². The molecule has 26 heteroatoms. The lowest BCUT2D eigenvalue weighted by atomic mass is 9.96. The van der Waals surface area contributed by atoms with E-state index < -0.39 is 146 Å². The lowest BCUT2D eigenvalue weighted by Gasteiger charge is -2.35. The van der Waals surface area contributed by atoms with Gasteiger partial charge in [0.2, 0.25) is 35.4 Å². The van der Waals surface area contributed by atoms with E-state index in [-0.39, 0.29) is 56.0 Å². The molecule has 0 bridgehead atoms. The second kappa shape index (κ2) is 29.2. The first-order chi connectivity index (χ1) is 38.2. The van der Waals surface area contributed by atoms with Crippen molar-refractivity contribution in [2.75, 3.05) is 39.4 Å². The van der Waals surface area contributed by atoms with Crippen LogP contribution < -0.4 is 42.8 Å². The number of hydrogen-bond donors (Lipinski definition) is 15. The van der Waals surface area contributed by atoms with E-state index in [2.05, 4.69) is 33.5 Å². The fourth-order valence-corrected chi connectivity index (χ4v) is 10.0. The summed E-state index contributed by atoms with van der Waals surface area (Å²) >= 11 is 0. The minimum Gasteiger partial charge on any atom is -0.508 e. The molecular weight excluding hydrogens is 1050 g/mol. The first-order valence-corrected chi connectivity index (χ1v) is 27.0. The Morgan fingerprint density at radius 2 is 1.39 bits per heavy atom. The van der Waals surface area contributed by atoms with Crippen molar-refractivity contribution in [1.29, 1.82) is 0 Å². The molecule has 80 heavy (non-hydrogen) atoms. The number of unbranched alkanes of at least 4 members (excludes halogenated alkanes) is 4. The number of aliphatic hydroxyl groups excluding tert-OH is 7. The van der Waals surface area contributed by atoms with E-state index >= 15 is 0 Å². The maximum atomic E-state index is 14.6. The van der Waals surface area contributed by atoms with E-state index in [1.165, 1.54) is 18.2 Å². The van der Waals surface area contributed by atoms with Gasteiger partial charge in [0.1, 0.15) is 66.1 Å². The van der Waals surface area contributed by atoms with Crippen molar-refractivity contribution >= 4 is 52.1 Å². The second-order valence-corrected chi connectivity index (χ2v) is 20.5. The smallest absolute Gasteiger partial charge is 0.251 e. The number of hydrogen-bond acceptors (Lipinski definition) is 19. The number of rotatable bonds is 19. The van der Waals surface area contributed by atoms with Crippen LogP contribution in [0.1, 0.15) is 93.7 Å². The zero-order valence-corrected chi connectivity index (χ0v) is 44.8. The number of amides is 7. The fourth-order valence-electron chi connectivity index (χ4n) is 10.0. The Morgan fingerprint density at radius 1 is 0.725 bits per heavy atom. The van der Waals surface area contributed by atoms with Crippen LogP contribution in [0.25, 0.3) is 10.8 Å². The van der Waals surface area contributed by atoms with Gasteiger partial charge < -0.3 is 98.2 Å². The van der Waals surface area contributed by atoms with Crippen molar-refractivity contribution in [1.82, 2.24) is 36.4 Å². The summed E-state index contributed by atoms with van der Waals surface area (Å²) in [5.74, 6) is -7.76. The van der Waals surface area contributed by atoms with Gasteiger partial charge in [0, 0.05) is 38.0 Å². The van der Waals surface area contributed by atoms with Gasteiger partial charge in [-0.1, -0.05) is 56.9 Å². The van der Waals surface area contributed by atoms with Gasteiger partial charge in [-0.15, -0.1) is 0 Å². The molecule has 7 amide bonds. The predicted molar refractivity (Wildman–Crippen MR) is 285 cm³/mol. The summed E-state index contributed by atoms with van der Waals surface area (Å²) in [6.45, 7) is 2.09. The van der Waals surface area contributed by atoms with Crippen LogP contribution >= 0.6 is 0 Å². The van der Waals surface area contributed by atoms with Crippen molar-refractivity contribution in [2.24, 2.45) is 11.5 Å². The van der Waals surface area contributed by atoms with E-state index in [1.807, 2.05) is 6.07 Å². The van der Waals surface area contributed by atoms with Gasteiger partial charge in [-0.05, 0) is 85.5 Å². The van der Waals surface area contributed by atoms with Crippen molar-refractivity contribution in [3.63, 3.8) is 0 Å². The average Bonchev–Trinajstić information content (AvgIpc) is 4.03. The maximum Gasteiger partial charge on any atom is 0.251 e. The summed E-state index contributed by atoms with van der Waals surface area (Å²) in [5.41, 5.74) is 11.5. The van der Waals surface area contributed by atoms with Gasteiger partial charge in [0.15, 0.2) is 6.23 Å². The molecule has 3 saturated heterocycles. The molecular formula is C54H77N9O17. The number of carbonyl (C=O) groups excluding carboxylic acids is 7. The van der Waals surface area contributed by atoms with E-state index in [9.17, 15) is 74.4 Å². The molecule has 3 heterocycles. The van der Waals surface area contributed by atoms with Crippen molar-refractivity contribution < 1.29 is 83.9 Å². The molecule has 3 fully saturated rings. The maximum absolute atomic E-state index is 14.6. The van der Waals surface area contributed by atoms with Gasteiger partial charge in [-0.2, -0.15) is 0 Å². The number of benzene rings is 3. The van der Waals surface area contributed by atoms with Gasteiger partial charge in [-0.3, -0.25) is 33.6 Å². The molecule has 440 valence electrons. The topological polar surface area (TPSA) is 418 Å². The molecule has 0 aliphatic carbocycles. The highest BCUT2D eigenvalue weighted by atomic mass is 16.5. The highest BCUT2D eigenvalue weighted by molar-refractivity contribution is 6.02. The average molecular weight is 1120 g/mol. The summed E-state index contributed by atoms with van der Waals surface area (Å²) in [5, 5.41) is 103. The minimum absolute atomic E-state index is 0.0425. The van der Waals surface area contributed by atoms with Crippen LogP contribution in [0.4, 0.5) is 0 Å². The van der Waals surface area contributed by atoms with Crippen LogP contribution in [0.2, 0.25) is 0 Å². The predicted octanol–water partition coefficient (Wildman–Crippen LogP) is -3.26. The standard InChI is InChI=1S/C54H77N9O17/c1-3-4-5-6-7-21-79-35-15-12-30-23-32(9-8-31(30)24-35)47(72)57-36-26-40(69)52(80-22-19-56)61-51(76)44-39(68)17-20-62(44)54(78)42(38(67)16-18-55)59-50(75)43(46(71)45(70)29-10-13-33(65)14-11-29)60-49(74)37-25-34(66)27-63(37)53(77)41(28(2)64)58-48(36)73/h8-15,23-24,28,34,36-46,52,64-71H,3-7,16-22,25-27,55-56H2,1-2H3,(H,57,72)(H,58,73)(H,59,75)(H,60,74)(H,61,76)/t28-,34-,36+,37+,38-,39+,40-,41+,42+,43+,44+,45+,46+,52-/m1/s1. The van der Waals surface area contributed by atoms with E-state index in [1.54, 1.807) is 24.3 Å². The second-order valence-electron chi connectivity index (χ2n) is 20.5. The van der Waals surface area contributed by atoms with Gasteiger partial charge in [0.05, 0.1) is 37.6 Å². The molecule has 0 aromatic heterocycles. The Morgan fingerprint density at radius 3 is 2.08 bits per heavy atom. The third-order valence-electron chi connectivity index (χ3n) is 14.5. The van der Waals surface area contributed by atoms with Crippen LogP contribution in [0.3, 0.4) is 0 Å². The van der Waals surface area contributed by atoms with Gasteiger partial charge >= 0.3 is 0 Å². The number of fused-ring (bicyclic) bond motifs is 3. The lowest BCUT2D eigenvalue weighted by Crippen LogP contribution is -2.64. The highest BCUT2D eigenvalue weighted by Crippen LogP contribution is 2.27. The lowest BCUT2D eigenvalue weighted by molar-refractivity contribution is -0.149. The zero-order chi connectivity index (χ0) is 58.4. The molecule has 6 rings (SSSR count). The van der Waals surface area contributed by atoms with E-state index in [4.69, 9.17) is 20.9 Å². The molecule has 0 saturated carbocycles. The summed E-state index contributed by atoms with van der Waals surface area (Å²) in [4.78, 5) is 103.